The molecule has 1 atom stereocenters. The Bertz CT molecular complexity index is 1210. The van der Waals surface area contributed by atoms with Gasteiger partial charge in [-0.05, 0) is 30.2 Å². The number of methoxy groups -OCH3 is 1. The number of benzene rings is 2. The summed E-state index contributed by atoms with van der Waals surface area (Å²) in [6, 6.07) is 9.71. The Morgan fingerprint density at radius 1 is 1.15 bits per heavy atom. The molecule has 0 radical (unpaired) electrons. The second-order valence-electron chi connectivity index (χ2n) is 7.02. The molecule has 33 heavy (non-hydrogen) atoms. The lowest BCUT2D eigenvalue weighted by Crippen LogP contribution is -2.20. The third-order valence-electron chi connectivity index (χ3n) is 4.60. The van der Waals surface area contributed by atoms with E-state index < -0.39 is 34.7 Å². The summed E-state index contributed by atoms with van der Waals surface area (Å²) in [7, 11) is -2.71. The molecule has 0 aliphatic carbocycles. The van der Waals surface area contributed by atoms with Gasteiger partial charge >= 0.3 is 6.18 Å². The van der Waals surface area contributed by atoms with E-state index in [0.717, 1.165) is 12.3 Å². The molecule has 3 rings (SSSR count). The van der Waals surface area contributed by atoms with E-state index in [0.29, 0.717) is 5.56 Å². The number of ether oxygens (including phenoxy) is 2. The van der Waals surface area contributed by atoms with Crippen molar-refractivity contribution < 1.29 is 39.9 Å². The van der Waals surface area contributed by atoms with Crippen molar-refractivity contribution in [3.05, 3.63) is 77.3 Å². The van der Waals surface area contributed by atoms with E-state index >= 15 is 0 Å². The quantitative estimate of drug-likeness (QED) is 0.458. The highest BCUT2D eigenvalue weighted by Gasteiger charge is 2.32. The van der Waals surface area contributed by atoms with Crippen LogP contribution < -0.4 is 9.88 Å². The molecule has 3 aromatic rings. The number of alkyl halides is 3. The minimum atomic E-state index is -4.62. The molecule has 0 fully saturated rings. The zero-order chi connectivity index (χ0) is 24.2. The van der Waals surface area contributed by atoms with Gasteiger partial charge < -0.3 is 13.9 Å². The molecule has 1 heterocycles. The number of aromatic nitrogens is 1. The first-order valence-electron chi connectivity index (χ1n) is 9.54. The number of nitrogens with two attached hydrogens (primary N) is 1. The van der Waals surface area contributed by atoms with Crippen molar-refractivity contribution in [3.8, 4) is 5.75 Å². The van der Waals surface area contributed by atoms with Crippen LogP contribution in [0.3, 0.4) is 0 Å². The van der Waals surface area contributed by atoms with Gasteiger partial charge in [0.15, 0.2) is 5.89 Å². The van der Waals surface area contributed by atoms with Crippen LogP contribution in [-0.4, -0.2) is 33.3 Å². The Balaban J connectivity index is 1.80. The van der Waals surface area contributed by atoms with Gasteiger partial charge in [0.2, 0.25) is 10.0 Å². The number of oxazole rings is 1. The van der Waals surface area contributed by atoms with Crippen LogP contribution in [0.15, 0.2) is 58.0 Å². The largest absolute Gasteiger partial charge is 0.495 e. The van der Waals surface area contributed by atoms with Gasteiger partial charge in [-0.2, -0.15) is 13.2 Å². The second kappa shape index (κ2) is 9.89. The third-order valence-corrected chi connectivity index (χ3v) is 5.53. The van der Waals surface area contributed by atoms with Gasteiger partial charge in [0, 0.05) is 12.0 Å². The number of hydrogen-bond donors (Lipinski definition) is 1. The molecule has 0 saturated heterocycles. The van der Waals surface area contributed by atoms with Crippen LogP contribution in [0.25, 0.3) is 0 Å². The molecule has 0 bridgehead atoms. The van der Waals surface area contributed by atoms with Crippen molar-refractivity contribution in [2.45, 2.75) is 30.0 Å². The lowest BCUT2D eigenvalue weighted by molar-refractivity contribution is -0.182. The molecular formula is C21H20F4N2O5S. The SMILES string of the molecule is COc1ccc(CCc2nc(C(OCC(F)(F)F)c3ccccc3F)co2)cc1S(N)(=O)=O. The van der Waals surface area contributed by atoms with Crippen LogP contribution in [0.2, 0.25) is 0 Å². The molecule has 1 unspecified atom stereocenters. The number of halogens is 4. The maximum absolute atomic E-state index is 14.2. The Kier molecular flexibility index (Phi) is 7.40. The molecule has 12 heteroatoms. The maximum Gasteiger partial charge on any atom is 0.411 e. The average Bonchev–Trinajstić information content (AvgIpc) is 3.21. The number of rotatable bonds is 9. The average molecular weight is 488 g/mol. The zero-order valence-corrected chi connectivity index (χ0v) is 18.1. The van der Waals surface area contributed by atoms with Crippen molar-refractivity contribution >= 4 is 10.0 Å². The molecule has 2 aromatic carbocycles. The fraction of sp³-hybridized carbons (Fsp3) is 0.286. The van der Waals surface area contributed by atoms with Crippen molar-refractivity contribution in [3.63, 3.8) is 0 Å². The predicted molar refractivity (Wildman–Crippen MR) is 109 cm³/mol. The highest BCUT2D eigenvalue weighted by atomic mass is 32.2. The van der Waals surface area contributed by atoms with Gasteiger partial charge in [-0.1, -0.05) is 24.3 Å². The molecule has 178 valence electrons. The second-order valence-corrected chi connectivity index (χ2v) is 8.55. The minimum Gasteiger partial charge on any atom is -0.495 e. The highest BCUT2D eigenvalue weighted by molar-refractivity contribution is 7.89. The summed E-state index contributed by atoms with van der Waals surface area (Å²) in [6.45, 7) is -1.60. The lowest BCUT2D eigenvalue weighted by atomic mass is 10.1. The fourth-order valence-electron chi connectivity index (χ4n) is 3.11. The van der Waals surface area contributed by atoms with Crippen molar-refractivity contribution in [2.24, 2.45) is 5.14 Å². The number of aryl methyl sites for hydroxylation is 2. The standard InChI is InChI=1S/C21H20F4N2O5S/c1-30-17-8-6-13(10-18(17)33(26,28)29)7-9-19-27-16(11-31-19)20(32-12-21(23,24)25)14-4-2-3-5-15(14)22/h2-6,8,10-11,20H,7,9,12H2,1H3,(H2,26,28,29). The number of sulfonamides is 1. The molecule has 0 aliphatic rings. The lowest BCUT2D eigenvalue weighted by Gasteiger charge is -2.17. The Hall–Kier alpha value is -2.96. The van der Waals surface area contributed by atoms with Crippen LogP contribution in [0.4, 0.5) is 17.6 Å². The van der Waals surface area contributed by atoms with E-state index in [-0.39, 0.29) is 40.6 Å². The molecule has 0 spiro atoms. The molecule has 0 amide bonds. The summed E-state index contributed by atoms with van der Waals surface area (Å²) >= 11 is 0. The van der Waals surface area contributed by atoms with Crippen molar-refractivity contribution in [2.75, 3.05) is 13.7 Å². The summed E-state index contributed by atoms with van der Waals surface area (Å²) in [5.74, 6) is -0.507. The van der Waals surface area contributed by atoms with Gasteiger partial charge in [-0.25, -0.2) is 22.9 Å². The van der Waals surface area contributed by atoms with E-state index in [9.17, 15) is 26.0 Å². The minimum absolute atomic E-state index is 0.0284. The first-order valence-corrected chi connectivity index (χ1v) is 11.1. The van der Waals surface area contributed by atoms with Gasteiger partial charge in [-0.3, -0.25) is 0 Å². The summed E-state index contributed by atoms with van der Waals surface area (Å²) in [4.78, 5) is 3.97. The van der Waals surface area contributed by atoms with Crippen LogP contribution in [0.5, 0.6) is 5.75 Å². The van der Waals surface area contributed by atoms with Crippen LogP contribution in [-0.2, 0) is 27.6 Å². The Labute approximate surface area is 187 Å². The molecule has 0 saturated carbocycles. The van der Waals surface area contributed by atoms with Gasteiger partial charge in [0.05, 0.1) is 7.11 Å². The summed E-state index contributed by atoms with van der Waals surface area (Å²) in [5, 5.41) is 5.21. The third kappa shape index (κ3) is 6.53. The Morgan fingerprint density at radius 3 is 2.52 bits per heavy atom. The first kappa shape index (κ1) is 24.7. The maximum atomic E-state index is 14.2. The fourth-order valence-corrected chi connectivity index (χ4v) is 3.86. The first-order chi connectivity index (χ1) is 15.5. The van der Waals surface area contributed by atoms with Crippen LogP contribution in [0, 0.1) is 5.82 Å². The van der Waals surface area contributed by atoms with Crippen molar-refractivity contribution in [1.29, 1.82) is 0 Å². The number of primary sulfonamides is 1. The van der Waals surface area contributed by atoms with E-state index in [1.807, 2.05) is 0 Å². The van der Waals surface area contributed by atoms with Crippen LogP contribution >= 0.6 is 0 Å². The topological polar surface area (TPSA) is 105 Å². The van der Waals surface area contributed by atoms with E-state index in [4.69, 9.17) is 19.0 Å². The number of nitrogens with zero attached hydrogens (tertiary/aromatic N) is 1. The normalized spacial score (nSPS) is 13.2. The monoisotopic (exact) mass is 488 g/mol. The number of hydrogen-bond acceptors (Lipinski definition) is 6. The van der Waals surface area contributed by atoms with Gasteiger partial charge in [0.25, 0.3) is 0 Å². The van der Waals surface area contributed by atoms with E-state index in [1.54, 1.807) is 6.07 Å². The highest BCUT2D eigenvalue weighted by Crippen LogP contribution is 2.30. The molecule has 0 aliphatic heterocycles. The zero-order valence-electron chi connectivity index (χ0n) is 17.3. The van der Waals surface area contributed by atoms with Crippen LogP contribution in [0.1, 0.15) is 28.8 Å². The van der Waals surface area contributed by atoms with E-state index in [1.165, 1.54) is 37.4 Å². The van der Waals surface area contributed by atoms with Crippen molar-refractivity contribution in [1.82, 2.24) is 4.98 Å². The smallest absolute Gasteiger partial charge is 0.411 e. The van der Waals surface area contributed by atoms with Gasteiger partial charge in [0.1, 0.15) is 41.1 Å². The summed E-state index contributed by atoms with van der Waals surface area (Å²) in [6.07, 6.45) is -4.49. The molecule has 7 nitrogen and oxygen atoms in total. The summed E-state index contributed by atoms with van der Waals surface area (Å²) < 4.78 is 91.1. The Morgan fingerprint density at radius 2 is 1.88 bits per heavy atom. The summed E-state index contributed by atoms with van der Waals surface area (Å²) in [5.41, 5.74) is 0.437. The van der Waals surface area contributed by atoms with E-state index in [2.05, 4.69) is 4.98 Å². The van der Waals surface area contributed by atoms with Gasteiger partial charge in [-0.15, -0.1) is 0 Å². The molecular weight excluding hydrogens is 468 g/mol. The molecule has 1 aromatic heterocycles. The predicted octanol–water partition coefficient (Wildman–Crippen LogP) is 3.92. The molecule has 2 N–H and O–H groups in total.